The molecule has 154 valence electrons. The molecular formula is C19H19Cl2N3O3S2. The van der Waals surface area contributed by atoms with Gasteiger partial charge in [0.25, 0.3) is 6.47 Å². The second-order valence-corrected chi connectivity index (χ2v) is 9.18. The van der Waals surface area contributed by atoms with Crippen molar-refractivity contribution in [1.82, 2.24) is 4.98 Å². The lowest BCUT2D eigenvalue weighted by atomic mass is 9.86. The number of nitrogens with one attached hydrogen (secondary N) is 1. The number of halogens is 2. The number of thiophene rings is 2. The Morgan fingerprint density at radius 3 is 2.83 bits per heavy atom. The number of nitrogens with zero attached hydrogens (tertiary/aromatic N) is 1. The maximum atomic E-state index is 10.4. The van der Waals surface area contributed by atoms with Crippen LogP contribution in [0.15, 0.2) is 35.7 Å². The van der Waals surface area contributed by atoms with Gasteiger partial charge >= 0.3 is 0 Å². The van der Waals surface area contributed by atoms with E-state index in [2.05, 4.69) is 16.4 Å². The van der Waals surface area contributed by atoms with E-state index in [0.29, 0.717) is 28.7 Å². The summed E-state index contributed by atoms with van der Waals surface area (Å²) in [6.45, 7) is 0.451. The summed E-state index contributed by atoms with van der Waals surface area (Å²) in [4.78, 5) is 14.9. The lowest BCUT2D eigenvalue weighted by Crippen LogP contribution is -2.37. The maximum absolute atomic E-state index is 10.4. The Labute approximate surface area is 185 Å². The number of rotatable bonds is 4. The average Bonchev–Trinajstić information content (AvgIpc) is 3.30. The molecule has 0 unspecified atom stereocenters. The van der Waals surface area contributed by atoms with Crippen LogP contribution in [0, 0.1) is 0 Å². The molecule has 0 saturated heterocycles. The van der Waals surface area contributed by atoms with Gasteiger partial charge in [0.15, 0.2) is 0 Å². The van der Waals surface area contributed by atoms with Crippen molar-refractivity contribution in [2.24, 2.45) is 5.73 Å². The number of aromatic nitrogens is 1. The topological polar surface area (TPSA) is 108 Å². The van der Waals surface area contributed by atoms with Crippen molar-refractivity contribution in [2.45, 2.75) is 31.0 Å². The largest absolute Gasteiger partial charge is 0.483 e. The molecule has 6 nitrogen and oxygen atoms in total. The predicted molar refractivity (Wildman–Crippen MR) is 120 cm³/mol. The SMILES string of the molecule is N[C@H]1CC=C[C@@H](O)[C@@H]1c1sc2c(NCc3cccs3)cc(Cl)nc2c1Cl.O=CO. The highest BCUT2D eigenvalue weighted by Gasteiger charge is 2.33. The van der Waals surface area contributed by atoms with Crippen LogP contribution in [0.25, 0.3) is 10.2 Å². The van der Waals surface area contributed by atoms with E-state index >= 15 is 0 Å². The maximum Gasteiger partial charge on any atom is 0.290 e. The molecule has 3 aromatic heterocycles. The molecule has 5 N–H and O–H groups in total. The van der Waals surface area contributed by atoms with Crippen LogP contribution >= 0.6 is 45.9 Å². The van der Waals surface area contributed by atoms with Gasteiger partial charge in [-0.2, -0.15) is 0 Å². The molecule has 3 aromatic rings. The molecule has 3 heterocycles. The minimum atomic E-state index is -0.651. The molecule has 1 aliphatic rings. The van der Waals surface area contributed by atoms with Gasteiger partial charge < -0.3 is 21.3 Å². The van der Waals surface area contributed by atoms with Crippen LogP contribution in [-0.2, 0) is 11.3 Å². The average molecular weight is 472 g/mol. The van der Waals surface area contributed by atoms with Crippen molar-refractivity contribution in [2.75, 3.05) is 5.32 Å². The zero-order valence-electron chi connectivity index (χ0n) is 15.1. The Kier molecular flexibility index (Phi) is 7.50. The van der Waals surface area contributed by atoms with Crippen LogP contribution in [0.2, 0.25) is 10.2 Å². The van der Waals surface area contributed by atoms with Gasteiger partial charge in [0.2, 0.25) is 0 Å². The quantitative estimate of drug-likeness (QED) is 0.249. The van der Waals surface area contributed by atoms with Crippen molar-refractivity contribution in [3.05, 3.63) is 55.7 Å². The Bertz CT molecular complexity index is 1010. The van der Waals surface area contributed by atoms with Crippen LogP contribution in [0.3, 0.4) is 0 Å². The number of aliphatic hydroxyl groups excluding tert-OH is 1. The molecule has 1 aliphatic carbocycles. The van der Waals surface area contributed by atoms with Crippen molar-refractivity contribution < 1.29 is 15.0 Å². The van der Waals surface area contributed by atoms with E-state index in [9.17, 15) is 5.11 Å². The van der Waals surface area contributed by atoms with Crippen LogP contribution in [0.5, 0.6) is 0 Å². The summed E-state index contributed by atoms with van der Waals surface area (Å²) in [5.74, 6) is -0.240. The zero-order valence-corrected chi connectivity index (χ0v) is 18.2. The summed E-state index contributed by atoms with van der Waals surface area (Å²) in [5, 5.41) is 23.7. The zero-order chi connectivity index (χ0) is 21.0. The fraction of sp³-hybridized carbons (Fsp3) is 0.263. The van der Waals surface area contributed by atoms with Gasteiger partial charge in [-0.3, -0.25) is 4.79 Å². The molecule has 0 radical (unpaired) electrons. The monoisotopic (exact) mass is 471 g/mol. The number of aliphatic hydroxyl groups is 1. The number of nitrogens with two attached hydrogens (primary N) is 1. The number of hydrogen-bond acceptors (Lipinski definition) is 7. The van der Waals surface area contributed by atoms with E-state index in [-0.39, 0.29) is 18.4 Å². The normalized spacial score (nSPS) is 20.9. The fourth-order valence-electron chi connectivity index (χ4n) is 3.21. The van der Waals surface area contributed by atoms with Crippen molar-refractivity contribution in [3.8, 4) is 0 Å². The van der Waals surface area contributed by atoms with Crippen molar-refractivity contribution in [1.29, 1.82) is 0 Å². The molecular weight excluding hydrogens is 453 g/mol. The van der Waals surface area contributed by atoms with Crippen LogP contribution in [0.4, 0.5) is 5.69 Å². The summed E-state index contributed by atoms with van der Waals surface area (Å²) >= 11 is 16.1. The van der Waals surface area contributed by atoms with E-state index in [0.717, 1.165) is 15.3 Å². The van der Waals surface area contributed by atoms with Gasteiger partial charge in [-0.15, -0.1) is 22.7 Å². The molecule has 10 heteroatoms. The van der Waals surface area contributed by atoms with Crippen molar-refractivity contribution >= 4 is 68.3 Å². The number of carboxylic acid groups (broad SMARTS) is 1. The van der Waals surface area contributed by atoms with E-state index in [1.807, 2.05) is 23.6 Å². The molecule has 0 saturated carbocycles. The Morgan fingerprint density at radius 1 is 1.41 bits per heavy atom. The summed E-state index contributed by atoms with van der Waals surface area (Å²) in [6, 6.07) is 5.73. The fourth-order valence-corrected chi connectivity index (χ4v) is 5.83. The highest BCUT2D eigenvalue weighted by molar-refractivity contribution is 7.20. The van der Waals surface area contributed by atoms with E-state index in [4.69, 9.17) is 38.8 Å². The number of hydrogen-bond donors (Lipinski definition) is 4. The van der Waals surface area contributed by atoms with Gasteiger partial charge in [-0.05, 0) is 17.9 Å². The molecule has 0 spiro atoms. The first kappa shape index (κ1) is 22.0. The first-order valence-electron chi connectivity index (χ1n) is 8.69. The highest BCUT2D eigenvalue weighted by Crippen LogP contribution is 2.45. The third-order valence-electron chi connectivity index (χ3n) is 4.48. The Balaban J connectivity index is 0.000000755. The molecule has 3 atom stereocenters. The molecule has 0 fully saturated rings. The van der Waals surface area contributed by atoms with E-state index < -0.39 is 6.10 Å². The van der Waals surface area contributed by atoms with E-state index in [1.54, 1.807) is 17.4 Å². The Morgan fingerprint density at radius 2 is 2.17 bits per heavy atom. The lowest BCUT2D eigenvalue weighted by molar-refractivity contribution is -0.122. The second-order valence-electron chi connectivity index (χ2n) is 6.33. The minimum absolute atomic E-state index is 0.182. The van der Waals surface area contributed by atoms with Crippen LogP contribution in [0.1, 0.15) is 22.1 Å². The van der Waals surface area contributed by atoms with Crippen LogP contribution < -0.4 is 11.1 Å². The van der Waals surface area contributed by atoms with Gasteiger partial charge in [-0.1, -0.05) is 41.4 Å². The third-order valence-corrected chi connectivity index (χ3v) is 7.36. The number of fused-ring (bicyclic) bond motifs is 1. The highest BCUT2D eigenvalue weighted by atomic mass is 35.5. The lowest BCUT2D eigenvalue weighted by Gasteiger charge is -2.28. The summed E-state index contributed by atoms with van der Waals surface area (Å²) in [7, 11) is 0. The summed E-state index contributed by atoms with van der Waals surface area (Å²) in [5.41, 5.74) is 7.80. The molecule has 4 rings (SSSR count). The first-order valence-corrected chi connectivity index (χ1v) is 11.1. The summed E-state index contributed by atoms with van der Waals surface area (Å²) in [6.07, 6.45) is 3.76. The molecule has 0 bridgehead atoms. The first-order chi connectivity index (χ1) is 14.0. The van der Waals surface area contributed by atoms with Crippen molar-refractivity contribution in [3.63, 3.8) is 0 Å². The molecule has 0 aromatic carbocycles. The molecule has 29 heavy (non-hydrogen) atoms. The number of carbonyl (C=O) groups is 1. The van der Waals surface area contributed by atoms with Gasteiger partial charge in [-0.25, -0.2) is 4.98 Å². The molecule has 0 amide bonds. The van der Waals surface area contributed by atoms with Crippen LogP contribution in [-0.4, -0.2) is 33.8 Å². The number of anilines is 1. The number of pyridine rings is 1. The standard InChI is InChI=1S/C18H17Cl2N3OS2.CH2O2/c19-13-7-11(22-8-9-3-2-6-25-9)17-16(23-13)15(20)18(26-17)14-10(21)4-1-5-12(14)24;2-1-3/h1-3,5-7,10,12,14,24H,4,8,21H2,(H,22,23);1H,(H,2,3)/t10-,12+,14+;/m0./s1. The molecule has 0 aliphatic heterocycles. The van der Waals surface area contributed by atoms with Gasteiger partial charge in [0.05, 0.1) is 21.5 Å². The Hall–Kier alpha value is -1.68. The van der Waals surface area contributed by atoms with E-state index in [1.165, 1.54) is 16.2 Å². The van der Waals surface area contributed by atoms with Gasteiger partial charge in [0, 0.05) is 34.3 Å². The third kappa shape index (κ3) is 4.91. The predicted octanol–water partition coefficient (Wildman–Crippen LogP) is 4.71. The smallest absolute Gasteiger partial charge is 0.290 e. The second kappa shape index (κ2) is 9.88. The minimum Gasteiger partial charge on any atom is -0.483 e. The van der Waals surface area contributed by atoms with Gasteiger partial charge in [0.1, 0.15) is 10.7 Å². The summed E-state index contributed by atoms with van der Waals surface area (Å²) < 4.78 is 0.930.